The normalized spacial score (nSPS) is 12.4. The summed E-state index contributed by atoms with van der Waals surface area (Å²) in [4.78, 5) is 0. The molecule has 0 spiro atoms. The Kier molecular flexibility index (Phi) is 4.06. The van der Waals surface area contributed by atoms with E-state index in [9.17, 15) is 0 Å². The van der Waals surface area contributed by atoms with Crippen molar-refractivity contribution in [1.82, 2.24) is 0 Å². The number of halogens is 2. The maximum atomic E-state index is 6.14. The third-order valence-corrected chi connectivity index (χ3v) is 3.04. The molecule has 0 heterocycles. The van der Waals surface area contributed by atoms with E-state index in [4.69, 9.17) is 28.9 Å². The fourth-order valence-corrected chi connectivity index (χ4v) is 2.37. The molecule has 2 aromatic rings. The molecule has 0 aliphatic carbocycles. The molecule has 0 fully saturated rings. The second kappa shape index (κ2) is 5.54. The van der Waals surface area contributed by atoms with E-state index in [2.05, 4.69) is 0 Å². The minimum atomic E-state index is -0.0364. The molecule has 0 amide bonds. The highest BCUT2D eigenvalue weighted by Gasteiger charge is 2.07. The molecule has 1 unspecified atom stereocenters. The van der Waals surface area contributed by atoms with E-state index in [1.165, 1.54) is 0 Å². The van der Waals surface area contributed by atoms with Gasteiger partial charge in [-0.15, -0.1) is 0 Å². The minimum Gasteiger partial charge on any atom is -0.324 e. The number of hydrogen-bond donors (Lipinski definition) is 1. The first-order chi connectivity index (χ1) is 8.15. The van der Waals surface area contributed by atoms with Crippen LogP contribution in [-0.2, 0) is 6.42 Å². The van der Waals surface area contributed by atoms with Crippen LogP contribution in [0, 0.1) is 0 Å². The molecule has 0 bridgehead atoms. The van der Waals surface area contributed by atoms with Crippen LogP contribution < -0.4 is 5.73 Å². The highest BCUT2D eigenvalue weighted by Crippen LogP contribution is 2.22. The van der Waals surface area contributed by atoms with E-state index in [0.29, 0.717) is 10.0 Å². The molecule has 0 aliphatic heterocycles. The molecule has 2 rings (SSSR count). The molecule has 1 atom stereocenters. The molecule has 2 aromatic carbocycles. The Hall–Kier alpha value is -1.02. The smallest absolute Gasteiger partial charge is 0.0423 e. The standard InChI is InChI=1S/C14H13Cl2N/c15-12-6-10(7-13(16)9-12)8-14(17)11-4-2-1-3-5-11/h1-7,9,14H,8,17H2. The van der Waals surface area contributed by atoms with Crippen molar-refractivity contribution >= 4 is 23.2 Å². The zero-order valence-corrected chi connectivity index (χ0v) is 10.7. The van der Waals surface area contributed by atoms with Crippen molar-refractivity contribution in [3.05, 3.63) is 69.7 Å². The number of nitrogens with two attached hydrogens (primary N) is 1. The van der Waals surface area contributed by atoms with Gasteiger partial charge in [0.2, 0.25) is 0 Å². The van der Waals surface area contributed by atoms with E-state index in [0.717, 1.165) is 17.5 Å². The maximum absolute atomic E-state index is 6.14. The predicted octanol–water partition coefficient (Wildman–Crippen LogP) is 4.24. The van der Waals surface area contributed by atoms with Gasteiger partial charge in [-0.3, -0.25) is 0 Å². The average Bonchev–Trinajstić information content (AvgIpc) is 2.28. The van der Waals surface area contributed by atoms with Gasteiger partial charge >= 0.3 is 0 Å². The lowest BCUT2D eigenvalue weighted by Gasteiger charge is -2.12. The van der Waals surface area contributed by atoms with Crippen LogP contribution in [-0.4, -0.2) is 0 Å². The fourth-order valence-electron chi connectivity index (χ4n) is 1.80. The highest BCUT2D eigenvalue weighted by atomic mass is 35.5. The lowest BCUT2D eigenvalue weighted by molar-refractivity contribution is 0.722. The summed E-state index contributed by atoms with van der Waals surface area (Å²) in [7, 11) is 0. The second-order valence-electron chi connectivity index (χ2n) is 4.00. The molecule has 0 radical (unpaired) electrons. The Morgan fingerprint density at radius 2 is 1.53 bits per heavy atom. The molecule has 3 heteroatoms. The largest absolute Gasteiger partial charge is 0.324 e. The summed E-state index contributed by atoms with van der Waals surface area (Å²) in [5.74, 6) is 0. The molecule has 88 valence electrons. The summed E-state index contributed by atoms with van der Waals surface area (Å²) >= 11 is 11.9. The van der Waals surface area contributed by atoms with Gasteiger partial charge in [-0.05, 0) is 35.7 Å². The quantitative estimate of drug-likeness (QED) is 0.883. The molecular weight excluding hydrogens is 253 g/mol. The van der Waals surface area contributed by atoms with Crippen LogP contribution in [0.15, 0.2) is 48.5 Å². The van der Waals surface area contributed by atoms with Crippen molar-refractivity contribution in [3.63, 3.8) is 0 Å². The van der Waals surface area contributed by atoms with Crippen LogP contribution in [0.5, 0.6) is 0 Å². The van der Waals surface area contributed by atoms with Gasteiger partial charge in [0, 0.05) is 16.1 Å². The SMILES string of the molecule is NC(Cc1cc(Cl)cc(Cl)c1)c1ccccc1. The fraction of sp³-hybridized carbons (Fsp3) is 0.143. The first kappa shape index (κ1) is 12.4. The zero-order chi connectivity index (χ0) is 12.3. The first-order valence-corrected chi connectivity index (χ1v) is 6.16. The van der Waals surface area contributed by atoms with Crippen molar-refractivity contribution < 1.29 is 0 Å². The Morgan fingerprint density at radius 1 is 0.941 bits per heavy atom. The van der Waals surface area contributed by atoms with Crippen LogP contribution in [0.3, 0.4) is 0 Å². The van der Waals surface area contributed by atoms with Crippen molar-refractivity contribution in [1.29, 1.82) is 0 Å². The van der Waals surface area contributed by atoms with Crippen molar-refractivity contribution in [2.45, 2.75) is 12.5 Å². The Bertz CT molecular complexity index is 477. The van der Waals surface area contributed by atoms with Crippen molar-refractivity contribution in [2.24, 2.45) is 5.73 Å². The lowest BCUT2D eigenvalue weighted by Crippen LogP contribution is -2.13. The van der Waals surface area contributed by atoms with Gasteiger partial charge < -0.3 is 5.73 Å². The van der Waals surface area contributed by atoms with Crippen molar-refractivity contribution in [2.75, 3.05) is 0 Å². The van der Waals surface area contributed by atoms with Crippen LogP contribution in [0.1, 0.15) is 17.2 Å². The number of hydrogen-bond acceptors (Lipinski definition) is 1. The lowest BCUT2D eigenvalue weighted by atomic mass is 10.00. The van der Waals surface area contributed by atoms with Gasteiger partial charge in [0.05, 0.1) is 0 Å². The summed E-state index contributed by atoms with van der Waals surface area (Å²) in [6.07, 6.45) is 0.726. The summed E-state index contributed by atoms with van der Waals surface area (Å²) in [6.45, 7) is 0. The maximum Gasteiger partial charge on any atom is 0.0423 e. The van der Waals surface area contributed by atoms with Gasteiger partial charge in [-0.1, -0.05) is 53.5 Å². The third-order valence-electron chi connectivity index (χ3n) is 2.61. The first-order valence-electron chi connectivity index (χ1n) is 5.40. The Morgan fingerprint density at radius 3 is 2.12 bits per heavy atom. The number of benzene rings is 2. The summed E-state index contributed by atoms with van der Waals surface area (Å²) in [5.41, 5.74) is 8.31. The van der Waals surface area contributed by atoms with Gasteiger partial charge in [-0.25, -0.2) is 0 Å². The van der Waals surface area contributed by atoms with E-state index in [1.54, 1.807) is 6.07 Å². The second-order valence-corrected chi connectivity index (χ2v) is 4.87. The Balaban J connectivity index is 2.16. The zero-order valence-electron chi connectivity index (χ0n) is 9.24. The Labute approximate surface area is 111 Å². The molecule has 0 aliphatic rings. The topological polar surface area (TPSA) is 26.0 Å². The van der Waals surface area contributed by atoms with Crippen molar-refractivity contribution in [3.8, 4) is 0 Å². The molecule has 0 saturated heterocycles. The van der Waals surface area contributed by atoms with Crippen LogP contribution in [0.4, 0.5) is 0 Å². The number of rotatable bonds is 3. The van der Waals surface area contributed by atoms with Gasteiger partial charge in [-0.2, -0.15) is 0 Å². The van der Waals surface area contributed by atoms with Crippen LogP contribution in [0.2, 0.25) is 10.0 Å². The van der Waals surface area contributed by atoms with Gasteiger partial charge in [0.25, 0.3) is 0 Å². The minimum absolute atomic E-state index is 0.0364. The molecular formula is C14H13Cl2N. The molecule has 0 saturated carbocycles. The predicted molar refractivity (Wildman–Crippen MR) is 73.5 cm³/mol. The molecule has 2 N–H and O–H groups in total. The summed E-state index contributed by atoms with van der Waals surface area (Å²) < 4.78 is 0. The molecule has 1 nitrogen and oxygen atoms in total. The van der Waals surface area contributed by atoms with E-state index < -0.39 is 0 Å². The van der Waals surface area contributed by atoms with E-state index >= 15 is 0 Å². The van der Waals surface area contributed by atoms with E-state index in [-0.39, 0.29) is 6.04 Å². The summed E-state index contributed by atoms with van der Waals surface area (Å²) in [5, 5.41) is 1.29. The van der Waals surface area contributed by atoms with Gasteiger partial charge in [0.1, 0.15) is 0 Å². The van der Waals surface area contributed by atoms with E-state index in [1.807, 2.05) is 42.5 Å². The van der Waals surface area contributed by atoms with Crippen LogP contribution in [0.25, 0.3) is 0 Å². The van der Waals surface area contributed by atoms with Crippen LogP contribution >= 0.6 is 23.2 Å². The molecule has 17 heavy (non-hydrogen) atoms. The highest BCUT2D eigenvalue weighted by molar-refractivity contribution is 6.34. The van der Waals surface area contributed by atoms with Gasteiger partial charge in [0.15, 0.2) is 0 Å². The summed E-state index contributed by atoms with van der Waals surface area (Å²) in [6, 6.07) is 15.5. The monoisotopic (exact) mass is 265 g/mol. The third kappa shape index (κ3) is 3.47. The average molecular weight is 266 g/mol. The molecule has 0 aromatic heterocycles.